The van der Waals surface area contributed by atoms with Crippen LogP contribution in [-0.4, -0.2) is 73.6 Å². The number of fused-ring (bicyclic) bond motifs is 1. The maximum Gasteiger partial charge on any atom is 0.409 e. The number of aromatic nitrogens is 2. The number of Topliss-reactive ketones (excluding diaryl/α,β-unsaturated/α-hetero) is 1. The van der Waals surface area contributed by atoms with E-state index in [9.17, 15) is 22.8 Å². The van der Waals surface area contributed by atoms with Crippen molar-refractivity contribution >= 4 is 17.5 Å². The fraction of sp³-hybridized carbons (Fsp3) is 0.750. The summed E-state index contributed by atoms with van der Waals surface area (Å²) in [5.74, 6) is -0.00928. The van der Waals surface area contributed by atoms with E-state index in [0.717, 1.165) is 6.07 Å². The molecule has 0 amide bonds. The van der Waals surface area contributed by atoms with E-state index < -0.39 is 17.8 Å². The van der Waals surface area contributed by atoms with Gasteiger partial charge in [-0.2, -0.15) is 18.2 Å². The van der Waals surface area contributed by atoms with Crippen LogP contribution in [0.2, 0.25) is 0 Å². The van der Waals surface area contributed by atoms with Crippen LogP contribution >= 0.6 is 0 Å². The van der Waals surface area contributed by atoms with Crippen molar-refractivity contribution in [3.63, 3.8) is 0 Å². The number of carbonyl (C=O) groups excluding carboxylic acids is 1. The Kier molecular flexibility index (Phi) is 6.25. The van der Waals surface area contributed by atoms with Gasteiger partial charge in [0, 0.05) is 38.3 Å². The number of morpholine rings is 1. The van der Waals surface area contributed by atoms with Gasteiger partial charge in [-0.1, -0.05) is 0 Å². The summed E-state index contributed by atoms with van der Waals surface area (Å²) in [6.45, 7) is 4.22. The summed E-state index contributed by atoms with van der Waals surface area (Å²) >= 11 is 0. The van der Waals surface area contributed by atoms with Gasteiger partial charge in [0.15, 0.2) is 5.78 Å². The Morgan fingerprint density at radius 2 is 1.90 bits per heavy atom. The van der Waals surface area contributed by atoms with Crippen LogP contribution in [0.3, 0.4) is 0 Å². The molecule has 0 bridgehead atoms. The van der Waals surface area contributed by atoms with Crippen molar-refractivity contribution in [1.82, 2.24) is 9.55 Å². The van der Waals surface area contributed by atoms with E-state index in [1.807, 2.05) is 11.8 Å². The molecule has 11 heteroatoms. The maximum atomic E-state index is 13.7. The third-order valence-electron chi connectivity index (χ3n) is 6.25. The second-order valence-electron chi connectivity index (χ2n) is 8.36. The number of ketones is 1. The maximum absolute atomic E-state index is 13.7. The van der Waals surface area contributed by atoms with Gasteiger partial charge in [-0.3, -0.25) is 14.2 Å². The van der Waals surface area contributed by atoms with Crippen molar-refractivity contribution < 1.29 is 27.4 Å². The number of hydrogen-bond donors (Lipinski definition) is 0. The first-order valence-electron chi connectivity index (χ1n) is 10.7. The van der Waals surface area contributed by atoms with Gasteiger partial charge >= 0.3 is 6.18 Å². The predicted octanol–water partition coefficient (Wildman–Crippen LogP) is 1.78. The van der Waals surface area contributed by atoms with Gasteiger partial charge in [-0.15, -0.1) is 0 Å². The second kappa shape index (κ2) is 8.78. The Bertz CT molecular complexity index is 869. The van der Waals surface area contributed by atoms with Crippen LogP contribution in [0.15, 0.2) is 10.9 Å². The summed E-state index contributed by atoms with van der Waals surface area (Å²) in [6.07, 6.45) is -3.68. The number of nitrogens with zero attached hydrogens (tertiary/aromatic N) is 4. The Morgan fingerprint density at radius 1 is 1.16 bits per heavy atom. The summed E-state index contributed by atoms with van der Waals surface area (Å²) in [6, 6.07) is -0.857. The van der Waals surface area contributed by atoms with Crippen molar-refractivity contribution in [1.29, 1.82) is 0 Å². The van der Waals surface area contributed by atoms with Crippen molar-refractivity contribution in [3.05, 3.63) is 16.4 Å². The highest BCUT2D eigenvalue weighted by molar-refractivity contribution is 5.85. The summed E-state index contributed by atoms with van der Waals surface area (Å²) in [5.41, 5.74) is -0.760. The largest absolute Gasteiger partial charge is 0.409 e. The molecule has 2 atom stereocenters. The minimum absolute atomic E-state index is 0.00763. The topological polar surface area (TPSA) is 76.9 Å². The zero-order chi connectivity index (χ0) is 22.2. The molecule has 0 saturated carbocycles. The predicted molar refractivity (Wildman–Crippen MR) is 107 cm³/mol. The van der Waals surface area contributed by atoms with Gasteiger partial charge in [0.1, 0.15) is 11.9 Å². The molecule has 1 aromatic heterocycles. The lowest BCUT2D eigenvalue weighted by Gasteiger charge is -2.39. The average Bonchev–Trinajstić information content (AvgIpc) is 2.74. The first kappa shape index (κ1) is 22.1. The van der Waals surface area contributed by atoms with Crippen LogP contribution in [0.5, 0.6) is 0 Å². The van der Waals surface area contributed by atoms with Gasteiger partial charge in [0.2, 0.25) is 5.95 Å². The van der Waals surface area contributed by atoms with E-state index in [-0.39, 0.29) is 43.2 Å². The summed E-state index contributed by atoms with van der Waals surface area (Å²) in [7, 11) is 0. The van der Waals surface area contributed by atoms with Crippen LogP contribution in [0.1, 0.15) is 32.2 Å². The van der Waals surface area contributed by atoms with E-state index in [4.69, 9.17) is 9.47 Å². The van der Waals surface area contributed by atoms with Gasteiger partial charge in [-0.05, 0) is 26.2 Å². The van der Waals surface area contributed by atoms with Crippen molar-refractivity contribution in [2.45, 2.75) is 44.4 Å². The monoisotopic (exact) mass is 444 g/mol. The highest BCUT2D eigenvalue weighted by Gasteiger charge is 2.46. The fourth-order valence-electron chi connectivity index (χ4n) is 4.50. The molecule has 0 aliphatic carbocycles. The number of rotatable bonds is 4. The summed E-state index contributed by atoms with van der Waals surface area (Å²) < 4.78 is 52.5. The van der Waals surface area contributed by atoms with Gasteiger partial charge in [-0.25, -0.2) is 0 Å². The minimum atomic E-state index is -4.58. The van der Waals surface area contributed by atoms with Crippen LogP contribution in [-0.2, 0) is 14.3 Å². The third kappa shape index (κ3) is 4.57. The molecule has 4 heterocycles. The quantitative estimate of drug-likeness (QED) is 0.701. The minimum Gasteiger partial charge on any atom is -0.381 e. The summed E-state index contributed by atoms with van der Waals surface area (Å²) in [5, 5.41) is 0. The fourth-order valence-corrected chi connectivity index (χ4v) is 4.50. The molecule has 3 aliphatic heterocycles. The molecule has 0 aromatic carbocycles. The van der Waals surface area contributed by atoms with Crippen LogP contribution in [0.4, 0.5) is 24.9 Å². The molecule has 3 aliphatic rings. The van der Waals surface area contributed by atoms with E-state index in [2.05, 4.69) is 4.98 Å². The number of hydrogen-bond acceptors (Lipinski definition) is 7. The van der Waals surface area contributed by atoms with Crippen LogP contribution in [0.25, 0.3) is 0 Å². The molecule has 172 valence electrons. The molecule has 31 heavy (non-hydrogen) atoms. The van der Waals surface area contributed by atoms with Gasteiger partial charge in [0.05, 0.1) is 25.8 Å². The van der Waals surface area contributed by atoms with Crippen molar-refractivity contribution in [2.75, 3.05) is 55.9 Å². The Labute approximate surface area is 177 Å². The number of alkyl halides is 3. The van der Waals surface area contributed by atoms with E-state index >= 15 is 0 Å². The normalized spacial score (nSPS) is 25.4. The van der Waals surface area contributed by atoms with Crippen molar-refractivity contribution in [2.24, 2.45) is 5.92 Å². The first-order chi connectivity index (χ1) is 14.8. The average molecular weight is 444 g/mol. The first-order valence-corrected chi connectivity index (χ1v) is 10.7. The lowest BCUT2D eigenvalue weighted by atomic mass is 9.95. The SMILES string of the molecule is C[C@@H]1COCCN1c1cc(=O)n2c(n1)N(CC(=O)C1CCOCC1)CC[C@@H]2C(F)(F)F. The molecule has 0 radical (unpaired) electrons. The number of ether oxygens (including phenoxy) is 2. The lowest BCUT2D eigenvalue weighted by Crippen LogP contribution is -2.49. The third-order valence-corrected chi connectivity index (χ3v) is 6.25. The Morgan fingerprint density at radius 3 is 2.58 bits per heavy atom. The smallest absolute Gasteiger partial charge is 0.381 e. The molecule has 0 N–H and O–H groups in total. The van der Waals surface area contributed by atoms with Gasteiger partial charge in [0.25, 0.3) is 5.56 Å². The van der Waals surface area contributed by atoms with E-state index in [1.54, 1.807) is 0 Å². The molecule has 0 unspecified atom stereocenters. The lowest BCUT2D eigenvalue weighted by molar-refractivity contribution is -0.170. The molecular formula is C20H27F3N4O4. The number of carbonyl (C=O) groups is 1. The molecule has 4 rings (SSSR count). The number of anilines is 2. The molecular weight excluding hydrogens is 417 g/mol. The Balaban J connectivity index is 1.69. The van der Waals surface area contributed by atoms with Crippen molar-refractivity contribution in [3.8, 4) is 0 Å². The van der Waals surface area contributed by atoms with Crippen LogP contribution < -0.4 is 15.4 Å². The summed E-state index contributed by atoms with van der Waals surface area (Å²) in [4.78, 5) is 33.5. The zero-order valence-corrected chi connectivity index (χ0v) is 17.4. The number of halogens is 3. The standard InChI is InChI=1S/C20H27F3N4O4/c1-13-12-31-9-6-26(13)17-10-18(29)27-16(20(21,22)23)2-5-25(19(27)24-17)11-15(28)14-3-7-30-8-4-14/h10,13-14,16H,2-9,11-12H2,1H3/t13-,16-/m1/s1. The highest BCUT2D eigenvalue weighted by Crippen LogP contribution is 2.38. The molecule has 0 spiro atoms. The molecule has 2 saturated heterocycles. The Hall–Kier alpha value is -2.14. The van der Waals surface area contributed by atoms with Crippen LogP contribution in [0, 0.1) is 5.92 Å². The second-order valence-corrected chi connectivity index (χ2v) is 8.36. The molecule has 1 aromatic rings. The molecule has 2 fully saturated rings. The zero-order valence-electron chi connectivity index (χ0n) is 17.4. The highest BCUT2D eigenvalue weighted by atomic mass is 19.4. The van der Waals surface area contributed by atoms with E-state index in [0.29, 0.717) is 56.2 Å². The van der Waals surface area contributed by atoms with E-state index in [1.165, 1.54) is 4.90 Å². The van der Waals surface area contributed by atoms with Gasteiger partial charge < -0.3 is 19.3 Å². The molecule has 8 nitrogen and oxygen atoms in total.